The van der Waals surface area contributed by atoms with Gasteiger partial charge in [-0.05, 0) is 25.0 Å². The molecule has 0 radical (unpaired) electrons. The summed E-state index contributed by atoms with van der Waals surface area (Å²) >= 11 is 1.49. The molecule has 0 atom stereocenters. The molecule has 0 fully saturated rings. The number of carbonyl (C=O) groups excluding carboxylic acids is 1. The van der Waals surface area contributed by atoms with E-state index < -0.39 is 0 Å². The van der Waals surface area contributed by atoms with E-state index in [-0.39, 0.29) is 5.91 Å². The van der Waals surface area contributed by atoms with Crippen LogP contribution in [0.3, 0.4) is 0 Å². The van der Waals surface area contributed by atoms with Crippen LogP contribution in [0.25, 0.3) is 0 Å². The number of thiazole rings is 1. The Kier molecular flexibility index (Phi) is 3.54. The molecule has 0 aliphatic rings. The maximum absolute atomic E-state index is 11.8. The first-order chi connectivity index (χ1) is 8.16. The summed E-state index contributed by atoms with van der Waals surface area (Å²) in [6, 6.07) is 8.02. The molecule has 0 spiro atoms. The summed E-state index contributed by atoms with van der Waals surface area (Å²) in [4.78, 5) is 15.9. The fourth-order valence-electron chi connectivity index (χ4n) is 1.54. The van der Waals surface area contributed by atoms with Gasteiger partial charge in [-0.1, -0.05) is 24.3 Å². The molecule has 3 nitrogen and oxygen atoms in total. The minimum Gasteiger partial charge on any atom is -0.347 e. The second-order valence-electron chi connectivity index (χ2n) is 3.86. The van der Waals surface area contributed by atoms with Gasteiger partial charge in [0.1, 0.15) is 5.69 Å². The van der Waals surface area contributed by atoms with E-state index in [9.17, 15) is 4.79 Å². The number of nitrogens with zero attached hydrogens (tertiary/aromatic N) is 1. The highest BCUT2D eigenvalue weighted by Crippen LogP contribution is 2.09. The summed E-state index contributed by atoms with van der Waals surface area (Å²) in [6.07, 6.45) is 0. The zero-order chi connectivity index (χ0) is 12.3. The van der Waals surface area contributed by atoms with E-state index in [0.29, 0.717) is 12.2 Å². The maximum Gasteiger partial charge on any atom is 0.271 e. The number of aryl methyl sites for hydroxylation is 2. The van der Waals surface area contributed by atoms with Gasteiger partial charge in [0.2, 0.25) is 0 Å². The van der Waals surface area contributed by atoms with Crippen molar-refractivity contribution < 1.29 is 4.79 Å². The summed E-state index contributed by atoms with van der Waals surface area (Å²) in [7, 11) is 0. The number of hydrogen-bond acceptors (Lipinski definition) is 3. The van der Waals surface area contributed by atoms with Crippen LogP contribution in [-0.4, -0.2) is 10.9 Å². The van der Waals surface area contributed by atoms with Crippen LogP contribution >= 0.6 is 11.3 Å². The van der Waals surface area contributed by atoms with Gasteiger partial charge in [0, 0.05) is 11.9 Å². The molecule has 1 amide bonds. The molecule has 0 saturated carbocycles. The topological polar surface area (TPSA) is 42.0 Å². The van der Waals surface area contributed by atoms with Crippen LogP contribution in [0.4, 0.5) is 0 Å². The standard InChI is InChI=1S/C13H14N2OS/c1-9-5-3-4-6-11(9)7-14-13(16)12-8-17-10(2)15-12/h3-6,8H,7H2,1-2H3,(H,14,16). The first-order valence-electron chi connectivity index (χ1n) is 5.41. The summed E-state index contributed by atoms with van der Waals surface area (Å²) < 4.78 is 0. The Morgan fingerprint density at radius 1 is 1.35 bits per heavy atom. The molecule has 0 aliphatic carbocycles. The van der Waals surface area contributed by atoms with E-state index in [1.54, 1.807) is 5.38 Å². The zero-order valence-electron chi connectivity index (χ0n) is 9.86. The van der Waals surface area contributed by atoms with Crippen molar-refractivity contribution in [2.24, 2.45) is 0 Å². The van der Waals surface area contributed by atoms with Crippen molar-refractivity contribution in [3.8, 4) is 0 Å². The molecule has 88 valence electrons. The lowest BCUT2D eigenvalue weighted by Crippen LogP contribution is -2.23. The summed E-state index contributed by atoms with van der Waals surface area (Å²) in [6.45, 7) is 4.47. The largest absolute Gasteiger partial charge is 0.347 e. The minimum atomic E-state index is -0.113. The van der Waals surface area contributed by atoms with E-state index in [0.717, 1.165) is 10.6 Å². The Balaban J connectivity index is 1.99. The van der Waals surface area contributed by atoms with Gasteiger partial charge in [0.25, 0.3) is 5.91 Å². The molecule has 0 bridgehead atoms. The fraction of sp³-hybridized carbons (Fsp3) is 0.231. The van der Waals surface area contributed by atoms with Crippen molar-refractivity contribution in [3.63, 3.8) is 0 Å². The van der Waals surface area contributed by atoms with Crippen LogP contribution in [0.15, 0.2) is 29.6 Å². The molecule has 2 rings (SSSR count). The molecule has 1 aromatic carbocycles. The SMILES string of the molecule is Cc1nc(C(=O)NCc2ccccc2C)cs1. The minimum absolute atomic E-state index is 0.113. The van der Waals surface area contributed by atoms with Gasteiger partial charge >= 0.3 is 0 Å². The van der Waals surface area contributed by atoms with Gasteiger partial charge in [-0.2, -0.15) is 0 Å². The van der Waals surface area contributed by atoms with Crippen molar-refractivity contribution in [1.82, 2.24) is 10.3 Å². The Labute approximate surface area is 105 Å². The monoisotopic (exact) mass is 246 g/mol. The van der Waals surface area contributed by atoms with Crippen LogP contribution < -0.4 is 5.32 Å². The number of carbonyl (C=O) groups is 1. The third-order valence-corrected chi connectivity index (χ3v) is 3.33. The van der Waals surface area contributed by atoms with Crippen molar-refractivity contribution >= 4 is 17.2 Å². The molecule has 1 aromatic heterocycles. The van der Waals surface area contributed by atoms with Crippen LogP contribution in [0.5, 0.6) is 0 Å². The molecule has 1 N–H and O–H groups in total. The molecule has 4 heteroatoms. The third kappa shape index (κ3) is 2.91. The summed E-state index contributed by atoms with van der Waals surface area (Å²) in [5.74, 6) is -0.113. The average Bonchev–Trinajstić information content (AvgIpc) is 2.74. The van der Waals surface area contributed by atoms with Gasteiger partial charge < -0.3 is 5.32 Å². The lowest BCUT2D eigenvalue weighted by Gasteiger charge is -2.06. The normalized spacial score (nSPS) is 10.2. The number of nitrogens with one attached hydrogen (secondary N) is 1. The van der Waals surface area contributed by atoms with Gasteiger partial charge in [-0.25, -0.2) is 4.98 Å². The summed E-state index contributed by atoms with van der Waals surface area (Å²) in [5.41, 5.74) is 2.82. The Bertz CT molecular complexity index is 534. The number of hydrogen-bond donors (Lipinski definition) is 1. The first-order valence-corrected chi connectivity index (χ1v) is 6.29. The third-order valence-electron chi connectivity index (χ3n) is 2.55. The molecule has 2 aromatic rings. The van der Waals surface area contributed by atoms with E-state index >= 15 is 0 Å². The quantitative estimate of drug-likeness (QED) is 0.904. The lowest BCUT2D eigenvalue weighted by atomic mass is 10.1. The molecule has 17 heavy (non-hydrogen) atoms. The van der Waals surface area contributed by atoms with Gasteiger partial charge in [-0.15, -0.1) is 11.3 Å². The highest BCUT2D eigenvalue weighted by molar-refractivity contribution is 7.09. The Morgan fingerprint density at radius 2 is 2.12 bits per heavy atom. The lowest BCUT2D eigenvalue weighted by molar-refractivity contribution is 0.0946. The average molecular weight is 246 g/mol. The van der Waals surface area contributed by atoms with Crippen molar-refractivity contribution in [3.05, 3.63) is 51.5 Å². The second-order valence-corrected chi connectivity index (χ2v) is 4.92. The van der Waals surface area contributed by atoms with Gasteiger partial charge in [-0.3, -0.25) is 4.79 Å². The van der Waals surface area contributed by atoms with E-state index in [2.05, 4.69) is 10.3 Å². The van der Waals surface area contributed by atoms with E-state index in [1.165, 1.54) is 16.9 Å². The van der Waals surface area contributed by atoms with E-state index in [1.807, 2.05) is 38.1 Å². The predicted molar refractivity (Wildman–Crippen MR) is 69.2 cm³/mol. The fourth-order valence-corrected chi connectivity index (χ4v) is 2.14. The smallest absolute Gasteiger partial charge is 0.271 e. The second kappa shape index (κ2) is 5.10. The first kappa shape index (κ1) is 11.8. The highest BCUT2D eigenvalue weighted by atomic mass is 32.1. The molecule has 0 unspecified atom stereocenters. The predicted octanol–water partition coefficient (Wildman–Crippen LogP) is 2.69. The van der Waals surface area contributed by atoms with Gasteiger partial charge in [0.15, 0.2) is 0 Å². The number of benzene rings is 1. The molecular weight excluding hydrogens is 232 g/mol. The van der Waals surface area contributed by atoms with Crippen molar-refractivity contribution in [2.75, 3.05) is 0 Å². The van der Waals surface area contributed by atoms with Crippen molar-refractivity contribution in [2.45, 2.75) is 20.4 Å². The zero-order valence-corrected chi connectivity index (χ0v) is 10.7. The number of amides is 1. The number of aromatic nitrogens is 1. The Hall–Kier alpha value is -1.68. The van der Waals surface area contributed by atoms with Crippen LogP contribution in [0.1, 0.15) is 26.6 Å². The maximum atomic E-state index is 11.8. The van der Waals surface area contributed by atoms with Crippen LogP contribution in [0, 0.1) is 13.8 Å². The molecule has 0 aliphatic heterocycles. The van der Waals surface area contributed by atoms with E-state index in [4.69, 9.17) is 0 Å². The van der Waals surface area contributed by atoms with Crippen LogP contribution in [-0.2, 0) is 6.54 Å². The highest BCUT2D eigenvalue weighted by Gasteiger charge is 2.08. The number of rotatable bonds is 3. The molecule has 1 heterocycles. The van der Waals surface area contributed by atoms with Crippen LogP contribution in [0.2, 0.25) is 0 Å². The molecular formula is C13H14N2OS. The Morgan fingerprint density at radius 3 is 2.76 bits per heavy atom. The molecule has 0 saturated heterocycles. The van der Waals surface area contributed by atoms with Gasteiger partial charge in [0.05, 0.1) is 5.01 Å². The van der Waals surface area contributed by atoms with Crippen molar-refractivity contribution in [1.29, 1.82) is 0 Å². The summed E-state index contributed by atoms with van der Waals surface area (Å²) in [5, 5.41) is 5.56.